The fraction of sp³-hybridized carbons (Fsp3) is 0.150. The van der Waals surface area contributed by atoms with E-state index in [1.807, 2.05) is 19.1 Å². The number of hydrogen-bond acceptors (Lipinski definition) is 3. The zero-order valence-electron chi connectivity index (χ0n) is 14.8. The average molecular weight is 384 g/mol. The molecule has 0 amide bonds. The highest BCUT2D eigenvalue weighted by Gasteiger charge is 2.30. The highest BCUT2D eigenvalue weighted by Crippen LogP contribution is 2.32. The van der Waals surface area contributed by atoms with Crippen LogP contribution in [0.3, 0.4) is 0 Å². The third-order valence-electron chi connectivity index (χ3n) is 4.47. The molecule has 0 fully saturated rings. The van der Waals surface area contributed by atoms with Gasteiger partial charge in [-0.15, -0.1) is 0 Å². The van der Waals surface area contributed by atoms with E-state index in [2.05, 4.69) is 15.0 Å². The van der Waals surface area contributed by atoms with Crippen LogP contribution in [-0.4, -0.2) is 19.5 Å². The summed E-state index contributed by atoms with van der Waals surface area (Å²) < 4.78 is 40.5. The number of benzene rings is 1. The van der Waals surface area contributed by atoms with E-state index in [1.165, 1.54) is 16.8 Å². The highest BCUT2D eigenvalue weighted by atomic mass is 19.4. The fourth-order valence-corrected chi connectivity index (χ4v) is 3.00. The minimum absolute atomic E-state index is 0.278. The number of alkyl halides is 3. The van der Waals surface area contributed by atoms with Crippen LogP contribution in [-0.2, 0) is 12.7 Å². The lowest BCUT2D eigenvalue weighted by Gasteiger charge is -2.09. The van der Waals surface area contributed by atoms with Crippen LogP contribution in [0.2, 0.25) is 0 Å². The summed E-state index contributed by atoms with van der Waals surface area (Å²) in [6, 6.07) is 10.4. The van der Waals surface area contributed by atoms with Gasteiger partial charge in [0, 0.05) is 23.7 Å². The average Bonchev–Trinajstić information content (AvgIpc) is 2.97. The van der Waals surface area contributed by atoms with Crippen LogP contribution in [0.5, 0.6) is 0 Å². The summed E-state index contributed by atoms with van der Waals surface area (Å²) in [5, 5.41) is 0. The molecule has 0 radical (unpaired) electrons. The van der Waals surface area contributed by atoms with Gasteiger partial charge in [-0.25, -0.2) is 9.78 Å². The number of aromatic amines is 1. The van der Waals surface area contributed by atoms with Gasteiger partial charge in [-0.3, -0.25) is 14.5 Å². The van der Waals surface area contributed by atoms with E-state index in [-0.39, 0.29) is 12.2 Å². The predicted molar refractivity (Wildman–Crippen MR) is 98.9 cm³/mol. The van der Waals surface area contributed by atoms with Gasteiger partial charge in [0.25, 0.3) is 0 Å². The van der Waals surface area contributed by atoms with Crippen LogP contribution in [0, 0.1) is 6.92 Å². The van der Waals surface area contributed by atoms with Crippen LogP contribution in [0.1, 0.15) is 16.8 Å². The van der Waals surface area contributed by atoms with Crippen molar-refractivity contribution in [1.82, 2.24) is 19.5 Å². The molecule has 3 aromatic heterocycles. The number of aromatic nitrogens is 4. The minimum atomic E-state index is -4.43. The molecule has 0 unspecified atom stereocenters. The molecule has 0 aliphatic carbocycles. The van der Waals surface area contributed by atoms with E-state index in [1.54, 1.807) is 18.3 Å². The number of nitrogens with zero attached hydrogens (tertiary/aromatic N) is 3. The van der Waals surface area contributed by atoms with Crippen molar-refractivity contribution >= 4 is 11.2 Å². The number of halogens is 3. The normalized spacial score (nSPS) is 11.9. The SMILES string of the molecule is Cc1ccc(Cn2c(=O)[nH]c3ncc(-c4cccc(C(F)(F)F)c4)cc32)cn1. The number of fused-ring (bicyclic) bond motifs is 1. The molecule has 0 atom stereocenters. The topological polar surface area (TPSA) is 63.6 Å². The molecule has 1 N–H and O–H groups in total. The number of H-pyrrole nitrogens is 1. The Labute approximate surface area is 157 Å². The monoisotopic (exact) mass is 384 g/mol. The molecule has 0 spiro atoms. The molecule has 5 nitrogen and oxygen atoms in total. The van der Waals surface area contributed by atoms with E-state index >= 15 is 0 Å². The molecular formula is C20H15F3N4O. The van der Waals surface area contributed by atoms with Crippen molar-refractivity contribution in [3.05, 3.63) is 82.2 Å². The van der Waals surface area contributed by atoms with E-state index in [4.69, 9.17) is 0 Å². The largest absolute Gasteiger partial charge is 0.416 e. The van der Waals surface area contributed by atoms with E-state index < -0.39 is 11.7 Å². The van der Waals surface area contributed by atoms with Crippen molar-refractivity contribution in [3.63, 3.8) is 0 Å². The lowest BCUT2D eigenvalue weighted by Crippen LogP contribution is -2.17. The molecule has 0 saturated carbocycles. The zero-order chi connectivity index (χ0) is 19.9. The Morgan fingerprint density at radius 3 is 2.57 bits per heavy atom. The Morgan fingerprint density at radius 2 is 1.86 bits per heavy atom. The van der Waals surface area contributed by atoms with Crippen molar-refractivity contribution in [2.75, 3.05) is 0 Å². The van der Waals surface area contributed by atoms with Crippen LogP contribution >= 0.6 is 0 Å². The highest BCUT2D eigenvalue weighted by molar-refractivity contribution is 5.78. The lowest BCUT2D eigenvalue weighted by molar-refractivity contribution is -0.137. The lowest BCUT2D eigenvalue weighted by atomic mass is 10.0. The first-order valence-electron chi connectivity index (χ1n) is 8.49. The van der Waals surface area contributed by atoms with Crippen molar-refractivity contribution in [2.45, 2.75) is 19.6 Å². The van der Waals surface area contributed by atoms with Gasteiger partial charge in [0.05, 0.1) is 17.6 Å². The molecule has 142 valence electrons. The Balaban J connectivity index is 1.79. The summed E-state index contributed by atoms with van der Waals surface area (Å²) in [6.45, 7) is 2.15. The Kier molecular flexibility index (Phi) is 4.26. The molecule has 1 aromatic carbocycles. The van der Waals surface area contributed by atoms with Crippen molar-refractivity contribution < 1.29 is 13.2 Å². The van der Waals surface area contributed by atoms with Gasteiger partial charge >= 0.3 is 11.9 Å². The van der Waals surface area contributed by atoms with Crippen molar-refractivity contribution in [1.29, 1.82) is 0 Å². The third kappa shape index (κ3) is 3.40. The van der Waals surface area contributed by atoms with E-state index in [0.29, 0.717) is 22.3 Å². The molecule has 4 aromatic rings. The number of aryl methyl sites for hydroxylation is 1. The van der Waals surface area contributed by atoms with Crippen LogP contribution in [0.4, 0.5) is 13.2 Å². The maximum atomic E-state index is 13.0. The van der Waals surface area contributed by atoms with Gasteiger partial charge < -0.3 is 0 Å². The summed E-state index contributed by atoms with van der Waals surface area (Å²) in [7, 11) is 0. The standard InChI is InChI=1S/C20H15F3N4O/c1-12-5-6-13(9-24-12)11-27-17-8-15(10-25-18(17)26-19(27)28)14-3-2-4-16(7-14)20(21,22)23/h2-10H,11H2,1H3,(H,25,26,28). The summed E-state index contributed by atoms with van der Waals surface area (Å²) in [6.07, 6.45) is -1.29. The van der Waals surface area contributed by atoms with Gasteiger partial charge in [-0.2, -0.15) is 13.2 Å². The molecule has 0 aliphatic heterocycles. The smallest absolute Gasteiger partial charge is 0.290 e. The Hall–Kier alpha value is -3.42. The molecule has 4 rings (SSSR count). The number of nitrogens with one attached hydrogen (secondary N) is 1. The number of imidazole rings is 1. The molecule has 28 heavy (non-hydrogen) atoms. The first-order valence-corrected chi connectivity index (χ1v) is 8.49. The second kappa shape index (κ2) is 6.63. The summed E-state index contributed by atoms with van der Waals surface area (Å²) >= 11 is 0. The van der Waals surface area contributed by atoms with E-state index in [0.717, 1.165) is 23.4 Å². The quantitative estimate of drug-likeness (QED) is 0.577. The first-order chi connectivity index (χ1) is 13.3. The van der Waals surface area contributed by atoms with E-state index in [9.17, 15) is 18.0 Å². The second-order valence-corrected chi connectivity index (χ2v) is 6.49. The minimum Gasteiger partial charge on any atom is -0.290 e. The number of hydrogen-bond donors (Lipinski definition) is 1. The van der Waals surface area contributed by atoms with Crippen LogP contribution < -0.4 is 5.69 Å². The molecule has 0 saturated heterocycles. The van der Waals surface area contributed by atoms with Gasteiger partial charge in [0.1, 0.15) is 0 Å². The second-order valence-electron chi connectivity index (χ2n) is 6.49. The Bertz CT molecular complexity index is 1210. The van der Waals surface area contributed by atoms with Gasteiger partial charge in [0.2, 0.25) is 0 Å². The predicted octanol–water partition coefficient (Wildman–Crippen LogP) is 4.16. The zero-order valence-corrected chi connectivity index (χ0v) is 14.8. The maximum Gasteiger partial charge on any atom is 0.416 e. The summed E-state index contributed by atoms with van der Waals surface area (Å²) in [5.41, 5.74) is 2.38. The van der Waals surface area contributed by atoms with Crippen LogP contribution in [0.15, 0.2) is 59.7 Å². The summed E-state index contributed by atoms with van der Waals surface area (Å²) in [4.78, 5) is 23.4. The molecule has 0 bridgehead atoms. The van der Waals surface area contributed by atoms with Gasteiger partial charge in [0.15, 0.2) is 5.65 Å². The molecular weight excluding hydrogens is 369 g/mol. The van der Waals surface area contributed by atoms with Crippen molar-refractivity contribution in [2.24, 2.45) is 0 Å². The van der Waals surface area contributed by atoms with Crippen molar-refractivity contribution in [3.8, 4) is 11.1 Å². The van der Waals surface area contributed by atoms with Gasteiger partial charge in [-0.1, -0.05) is 18.2 Å². The molecule has 0 aliphatic rings. The maximum absolute atomic E-state index is 13.0. The van der Waals surface area contributed by atoms with Gasteiger partial charge in [-0.05, 0) is 42.3 Å². The number of rotatable bonds is 3. The fourth-order valence-electron chi connectivity index (χ4n) is 3.00. The third-order valence-corrected chi connectivity index (χ3v) is 4.47. The first kappa shape index (κ1) is 18.0. The number of pyridine rings is 2. The molecule has 3 heterocycles. The van der Waals surface area contributed by atoms with Crippen LogP contribution in [0.25, 0.3) is 22.3 Å². The summed E-state index contributed by atoms with van der Waals surface area (Å²) in [5.74, 6) is 0. The molecule has 8 heteroatoms. The Morgan fingerprint density at radius 1 is 1.04 bits per heavy atom.